The number of thiazole rings is 1. The largest absolute Gasteiger partial charge is 0.323 e. The number of rotatable bonds is 4. The van der Waals surface area contributed by atoms with Crippen LogP contribution in [0.5, 0.6) is 0 Å². The number of carbonyl (C=O) groups excluding carboxylic acids is 1. The van der Waals surface area contributed by atoms with Crippen LogP contribution in [0.1, 0.15) is 16.8 Å². The summed E-state index contributed by atoms with van der Waals surface area (Å²) in [5.41, 5.74) is 4.31. The van der Waals surface area contributed by atoms with Gasteiger partial charge >= 0.3 is 0 Å². The van der Waals surface area contributed by atoms with E-state index in [0.717, 1.165) is 16.1 Å². The number of hydrogen-bond acceptors (Lipinski definition) is 3. The van der Waals surface area contributed by atoms with Gasteiger partial charge in [-0.15, -0.1) is 11.3 Å². The normalized spacial score (nSPS) is 10.6. The first-order valence-corrected chi connectivity index (χ1v) is 8.47. The molecule has 1 N–H and O–H groups in total. The third-order valence-corrected chi connectivity index (χ3v) is 4.58. The topological polar surface area (TPSA) is 42.0 Å². The molecule has 0 aliphatic rings. The summed E-state index contributed by atoms with van der Waals surface area (Å²) in [5.74, 6) is -0.724. The number of benzene rings is 2. The average Bonchev–Trinajstić information content (AvgIpc) is 2.97. The number of halogens is 1. The molecular weight excluding hydrogens is 323 g/mol. The van der Waals surface area contributed by atoms with Gasteiger partial charge in [0, 0.05) is 10.9 Å². The lowest BCUT2D eigenvalue weighted by molar-refractivity contribution is -0.115. The van der Waals surface area contributed by atoms with Crippen LogP contribution in [0.3, 0.4) is 0 Å². The van der Waals surface area contributed by atoms with Crippen molar-refractivity contribution in [3.63, 3.8) is 0 Å². The minimum Gasteiger partial charge on any atom is -0.323 e. The van der Waals surface area contributed by atoms with Crippen LogP contribution in [0, 0.1) is 19.7 Å². The summed E-state index contributed by atoms with van der Waals surface area (Å²) in [4.78, 5) is 16.6. The van der Waals surface area contributed by atoms with Gasteiger partial charge in [-0.1, -0.05) is 35.9 Å². The first-order valence-electron chi connectivity index (χ1n) is 7.59. The van der Waals surface area contributed by atoms with Crippen LogP contribution in [-0.4, -0.2) is 10.9 Å². The summed E-state index contributed by atoms with van der Waals surface area (Å²) < 4.78 is 13.6. The van der Waals surface area contributed by atoms with Gasteiger partial charge in [0.05, 0.1) is 17.8 Å². The second kappa shape index (κ2) is 6.93. The van der Waals surface area contributed by atoms with Gasteiger partial charge in [-0.2, -0.15) is 0 Å². The quantitative estimate of drug-likeness (QED) is 0.745. The molecule has 5 heteroatoms. The predicted molar refractivity (Wildman–Crippen MR) is 95.8 cm³/mol. The maximum atomic E-state index is 13.6. The van der Waals surface area contributed by atoms with Crippen molar-refractivity contribution in [2.24, 2.45) is 0 Å². The van der Waals surface area contributed by atoms with E-state index in [1.807, 2.05) is 24.4 Å². The van der Waals surface area contributed by atoms with Gasteiger partial charge < -0.3 is 5.32 Å². The Balaban J connectivity index is 1.72. The van der Waals surface area contributed by atoms with E-state index in [1.165, 1.54) is 29.0 Å². The Morgan fingerprint density at radius 1 is 1.21 bits per heavy atom. The van der Waals surface area contributed by atoms with Crippen molar-refractivity contribution in [3.05, 3.63) is 70.5 Å². The zero-order chi connectivity index (χ0) is 17.1. The lowest BCUT2D eigenvalue weighted by atomic mass is 10.1. The maximum Gasteiger partial charge on any atom is 0.230 e. The van der Waals surface area contributed by atoms with E-state index >= 15 is 0 Å². The fourth-order valence-electron chi connectivity index (χ4n) is 2.49. The number of para-hydroxylation sites is 1. The first-order chi connectivity index (χ1) is 11.5. The van der Waals surface area contributed by atoms with Gasteiger partial charge in [0.1, 0.15) is 10.8 Å². The van der Waals surface area contributed by atoms with Gasteiger partial charge in [-0.25, -0.2) is 9.37 Å². The fourth-order valence-corrected chi connectivity index (χ4v) is 3.40. The average molecular weight is 340 g/mol. The van der Waals surface area contributed by atoms with Gasteiger partial charge in [0.15, 0.2) is 0 Å². The van der Waals surface area contributed by atoms with Gasteiger partial charge in [-0.3, -0.25) is 4.79 Å². The highest BCUT2D eigenvalue weighted by atomic mass is 32.1. The molecule has 2 aromatic carbocycles. The Labute approximate surface area is 144 Å². The van der Waals surface area contributed by atoms with Crippen LogP contribution < -0.4 is 5.32 Å². The minimum atomic E-state index is -0.444. The van der Waals surface area contributed by atoms with Crippen molar-refractivity contribution < 1.29 is 9.18 Å². The predicted octanol–water partition coefficient (Wildman–Crippen LogP) is 4.75. The van der Waals surface area contributed by atoms with Crippen molar-refractivity contribution in [1.29, 1.82) is 0 Å². The number of carbonyl (C=O) groups is 1. The summed E-state index contributed by atoms with van der Waals surface area (Å²) in [5, 5.41) is 5.34. The number of anilines is 1. The molecule has 3 aromatic rings. The van der Waals surface area contributed by atoms with E-state index in [0.29, 0.717) is 5.69 Å². The minimum absolute atomic E-state index is 0.121. The third kappa shape index (κ3) is 3.68. The Morgan fingerprint density at radius 2 is 2.00 bits per heavy atom. The number of aromatic nitrogens is 1. The van der Waals surface area contributed by atoms with Gasteiger partial charge in [0.25, 0.3) is 0 Å². The molecule has 1 aromatic heterocycles. The molecule has 3 nitrogen and oxygen atoms in total. The summed E-state index contributed by atoms with van der Waals surface area (Å²) in [6.45, 7) is 4.10. The molecule has 0 aliphatic heterocycles. The SMILES string of the molecule is Cc1ccc(-c2nc(CC(=O)Nc3ccccc3F)cs2)c(C)c1. The van der Waals surface area contributed by atoms with Crippen LogP contribution in [0.2, 0.25) is 0 Å². The van der Waals surface area contributed by atoms with Gasteiger partial charge in [-0.05, 0) is 31.5 Å². The lowest BCUT2D eigenvalue weighted by Crippen LogP contribution is -2.15. The summed E-state index contributed by atoms with van der Waals surface area (Å²) >= 11 is 1.51. The molecular formula is C19H17FN2OS. The fraction of sp³-hybridized carbons (Fsp3) is 0.158. The molecule has 0 spiro atoms. The highest BCUT2D eigenvalue weighted by Gasteiger charge is 2.12. The Kier molecular flexibility index (Phi) is 4.71. The highest BCUT2D eigenvalue weighted by Crippen LogP contribution is 2.27. The maximum absolute atomic E-state index is 13.6. The number of nitrogens with one attached hydrogen (secondary N) is 1. The van der Waals surface area contributed by atoms with E-state index in [1.54, 1.807) is 12.1 Å². The Bertz CT molecular complexity index is 889. The number of aryl methyl sites for hydroxylation is 2. The van der Waals surface area contributed by atoms with Crippen LogP contribution >= 0.6 is 11.3 Å². The van der Waals surface area contributed by atoms with Crippen LogP contribution in [0.15, 0.2) is 47.8 Å². The van der Waals surface area contributed by atoms with E-state index < -0.39 is 5.82 Å². The van der Waals surface area contributed by atoms with Crippen molar-refractivity contribution in [2.45, 2.75) is 20.3 Å². The molecule has 0 bridgehead atoms. The molecule has 0 saturated heterocycles. The van der Waals surface area contributed by atoms with Crippen molar-refractivity contribution >= 4 is 22.9 Å². The van der Waals surface area contributed by atoms with Crippen molar-refractivity contribution in [3.8, 4) is 10.6 Å². The van der Waals surface area contributed by atoms with Crippen molar-refractivity contribution in [1.82, 2.24) is 4.98 Å². The second-order valence-corrected chi connectivity index (χ2v) is 6.53. The molecule has 0 radical (unpaired) electrons. The zero-order valence-corrected chi connectivity index (χ0v) is 14.3. The van der Waals surface area contributed by atoms with Crippen molar-refractivity contribution in [2.75, 3.05) is 5.32 Å². The zero-order valence-electron chi connectivity index (χ0n) is 13.5. The summed E-state index contributed by atoms with van der Waals surface area (Å²) in [6, 6.07) is 12.3. The molecule has 3 rings (SSSR count). The Hall–Kier alpha value is -2.53. The summed E-state index contributed by atoms with van der Waals surface area (Å²) in [7, 11) is 0. The molecule has 24 heavy (non-hydrogen) atoms. The molecule has 0 atom stereocenters. The standard InChI is InChI=1S/C19H17FN2OS/c1-12-7-8-15(13(2)9-12)19-21-14(11-24-19)10-18(23)22-17-6-4-3-5-16(17)20/h3-9,11H,10H2,1-2H3,(H,22,23). The monoisotopic (exact) mass is 340 g/mol. The molecule has 1 amide bonds. The molecule has 1 heterocycles. The number of hydrogen-bond donors (Lipinski definition) is 1. The first kappa shape index (κ1) is 16.3. The smallest absolute Gasteiger partial charge is 0.230 e. The van der Waals surface area contributed by atoms with E-state index in [2.05, 4.69) is 23.3 Å². The van der Waals surface area contributed by atoms with Crippen LogP contribution in [0.25, 0.3) is 10.6 Å². The van der Waals surface area contributed by atoms with Crippen LogP contribution in [-0.2, 0) is 11.2 Å². The van der Waals surface area contributed by atoms with E-state index in [4.69, 9.17) is 0 Å². The van der Waals surface area contributed by atoms with E-state index in [9.17, 15) is 9.18 Å². The molecule has 0 aliphatic carbocycles. The van der Waals surface area contributed by atoms with Crippen LogP contribution in [0.4, 0.5) is 10.1 Å². The Morgan fingerprint density at radius 3 is 2.75 bits per heavy atom. The number of nitrogens with zero attached hydrogens (tertiary/aromatic N) is 1. The highest BCUT2D eigenvalue weighted by molar-refractivity contribution is 7.13. The second-order valence-electron chi connectivity index (χ2n) is 5.67. The lowest BCUT2D eigenvalue weighted by Gasteiger charge is -2.05. The van der Waals surface area contributed by atoms with E-state index in [-0.39, 0.29) is 18.0 Å². The number of amides is 1. The third-order valence-electron chi connectivity index (χ3n) is 3.65. The molecule has 122 valence electrons. The molecule has 0 saturated carbocycles. The summed E-state index contributed by atoms with van der Waals surface area (Å²) in [6.07, 6.45) is 0.121. The molecule has 0 fully saturated rings. The molecule has 0 unspecified atom stereocenters. The van der Waals surface area contributed by atoms with Gasteiger partial charge in [0.2, 0.25) is 5.91 Å².